The Kier molecular flexibility index (Phi) is 5.50. The van der Waals surface area contributed by atoms with E-state index in [2.05, 4.69) is 9.80 Å². The molecule has 9 heteroatoms. The zero-order valence-corrected chi connectivity index (χ0v) is 20.8. The SMILES string of the molecule is COC1=C(C)C(=O)C2=C(C1=O)C1[C@@H]3CC4=C(C(=O)C(OC)=C(C)C4=O)[C@H](CO)N3[C@@H](C)C(C2)N1C. The maximum Gasteiger partial charge on any atom is 0.226 e. The van der Waals surface area contributed by atoms with Gasteiger partial charge in [-0.3, -0.25) is 29.0 Å². The molecule has 5 rings (SSSR count). The first-order valence-electron chi connectivity index (χ1n) is 11.8. The third-order valence-corrected chi connectivity index (χ3v) is 8.60. The fourth-order valence-electron chi connectivity index (χ4n) is 7.00. The molecule has 9 nitrogen and oxygen atoms in total. The Morgan fingerprint density at radius 2 is 1.31 bits per heavy atom. The first kappa shape index (κ1) is 23.8. The lowest BCUT2D eigenvalue weighted by Gasteiger charge is -2.61. The quantitative estimate of drug-likeness (QED) is 0.579. The van der Waals surface area contributed by atoms with Crippen molar-refractivity contribution in [2.45, 2.75) is 63.8 Å². The monoisotopic (exact) mass is 482 g/mol. The molecule has 2 aliphatic carbocycles. The van der Waals surface area contributed by atoms with Gasteiger partial charge in [0, 0.05) is 51.6 Å². The van der Waals surface area contributed by atoms with Gasteiger partial charge in [0.2, 0.25) is 11.6 Å². The minimum Gasteiger partial charge on any atom is -0.492 e. The summed E-state index contributed by atoms with van der Waals surface area (Å²) >= 11 is 0. The van der Waals surface area contributed by atoms with Crippen LogP contribution in [0.2, 0.25) is 0 Å². The molecule has 0 aromatic carbocycles. The first-order valence-corrected chi connectivity index (χ1v) is 11.8. The Morgan fingerprint density at radius 1 is 0.829 bits per heavy atom. The number of carbonyl (C=O) groups is 4. The van der Waals surface area contributed by atoms with E-state index in [1.54, 1.807) is 13.8 Å². The molecule has 1 N–H and O–H groups in total. The molecule has 2 unspecified atom stereocenters. The highest BCUT2D eigenvalue weighted by Crippen LogP contribution is 2.48. The summed E-state index contributed by atoms with van der Waals surface area (Å²) in [6, 6.07) is -1.88. The molecule has 0 aromatic heterocycles. The van der Waals surface area contributed by atoms with Crippen molar-refractivity contribution >= 4 is 23.1 Å². The largest absolute Gasteiger partial charge is 0.492 e. The number of ketones is 4. The van der Waals surface area contributed by atoms with Gasteiger partial charge in [-0.05, 0) is 40.7 Å². The van der Waals surface area contributed by atoms with Crippen LogP contribution in [-0.4, -0.2) is 96.1 Å². The van der Waals surface area contributed by atoms with Crippen molar-refractivity contribution in [3.05, 3.63) is 45.0 Å². The van der Waals surface area contributed by atoms with E-state index in [4.69, 9.17) is 9.47 Å². The number of nitrogens with zero attached hydrogens (tertiary/aromatic N) is 2. The van der Waals surface area contributed by atoms with Gasteiger partial charge in [0.25, 0.3) is 0 Å². The number of aliphatic hydroxyl groups is 1. The Balaban J connectivity index is 1.69. The maximum atomic E-state index is 13.6. The fourth-order valence-corrected chi connectivity index (χ4v) is 7.00. The van der Waals surface area contributed by atoms with Gasteiger partial charge in [-0.25, -0.2) is 0 Å². The Bertz CT molecular complexity index is 1220. The van der Waals surface area contributed by atoms with Gasteiger partial charge in [-0.15, -0.1) is 0 Å². The van der Waals surface area contributed by atoms with Crippen LogP contribution in [0.3, 0.4) is 0 Å². The average molecular weight is 483 g/mol. The number of aliphatic hydroxyl groups excluding tert-OH is 1. The average Bonchev–Trinajstić information content (AvgIpc) is 2.83. The second-order valence-electron chi connectivity index (χ2n) is 9.96. The van der Waals surface area contributed by atoms with Crippen molar-refractivity contribution in [3.8, 4) is 0 Å². The molecule has 5 aliphatic rings. The number of hydrogen-bond donors (Lipinski definition) is 1. The standard InChI is InChI=1S/C26H30N2O7/c1-10-21(30)13-8-16-20-19-14(22(31)11(2)26(35-6)24(19)33)7-15(27(20)4)12(3)28(16)17(9-29)18(13)23(32)25(10)34-5/h12,15-17,20,29H,7-9H2,1-6H3/t12-,15?,16-,17-,20?/m0/s1. The van der Waals surface area contributed by atoms with E-state index in [0.717, 1.165) is 0 Å². The van der Waals surface area contributed by atoms with Crippen molar-refractivity contribution in [2.75, 3.05) is 27.9 Å². The lowest BCUT2D eigenvalue weighted by atomic mass is 9.67. The summed E-state index contributed by atoms with van der Waals surface area (Å²) < 4.78 is 10.6. The van der Waals surface area contributed by atoms with Crippen LogP contribution in [-0.2, 0) is 28.7 Å². The van der Waals surface area contributed by atoms with Crippen molar-refractivity contribution in [1.29, 1.82) is 0 Å². The van der Waals surface area contributed by atoms with E-state index in [-0.39, 0.29) is 70.9 Å². The van der Waals surface area contributed by atoms with E-state index in [9.17, 15) is 24.3 Å². The topological polar surface area (TPSA) is 113 Å². The third kappa shape index (κ3) is 2.92. The van der Waals surface area contributed by atoms with Crippen LogP contribution in [0.1, 0.15) is 33.6 Å². The second kappa shape index (κ2) is 8.08. The van der Waals surface area contributed by atoms with Gasteiger partial charge in [-0.1, -0.05) is 0 Å². The highest BCUT2D eigenvalue weighted by Gasteiger charge is 2.58. The van der Waals surface area contributed by atoms with Gasteiger partial charge >= 0.3 is 0 Å². The number of methoxy groups -OCH3 is 2. The third-order valence-electron chi connectivity index (χ3n) is 8.60. The summed E-state index contributed by atoms with van der Waals surface area (Å²) in [6.07, 6.45) is 0.602. The summed E-state index contributed by atoms with van der Waals surface area (Å²) in [5, 5.41) is 10.5. The predicted molar refractivity (Wildman–Crippen MR) is 124 cm³/mol. The molecule has 1 fully saturated rings. The van der Waals surface area contributed by atoms with Gasteiger partial charge in [-0.2, -0.15) is 0 Å². The number of likely N-dealkylation sites (N-methyl/N-ethyl adjacent to an activating group) is 1. The Labute approximate surface area is 203 Å². The number of piperazine rings is 1. The normalized spacial score (nSPS) is 33.9. The van der Waals surface area contributed by atoms with Crippen molar-refractivity contribution in [1.82, 2.24) is 9.80 Å². The maximum absolute atomic E-state index is 13.6. The Hall–Kier alpha value is -2.88. The molecule has 0 aromatic rings. The number of ether oxygens (including phenoxy) is 2. The lowest BCUT2D eigenvalue weighted by molar-refractivity contribution is -0.127. The Morgan fingerprint density at radius 3 is 1.83 bits per heavy atom. The number of Topliss-reactive ketones (excluding diaryl/α,β-unsaturated/α-hetero) is 4. The zero-order chi connectivity index (χ0) is 25.5. The summed E-state index contributed by atoms with van der Waals surface area (Å²) in [5.41, 5.74) is 2.10. The van der Waals surface area contributed by atoms with Gasteiger partial charge in [0.1, 0.15) is 0 Å². The zero-order valence-electron chi connectivity index (χ0n) is 20.8. The number of allylic oxidation sites excluding steroid dienone is 4. The minimum atomic E-state index is -0.720. The van der Waals surface area contributed by atoms with Crippen molar-refractivity contribution in [2.24, 2.45) is 0 Å². The molecule has 0 saturated carbocycles. The highest BCUT2D eigenvalue weighted by molar-refractivity contribution is 6.26. The molecular formula is C26H30N2O7. The lowest BCUT2D eigenvalue weighted by Crippen LogP contribution is -2.73. The molecule has 3 aliphatic heterocycles. The van der Waals surface area contributed by atoms with Gasteiger partial charge in [0.15, 0.2) is 23.1 Å². The molecule has 186 valence electrons. The summed E-state index contributed by atoms with van der Waals surface area (Å²) in [6.45, 7) is 4.83. The number of carbonyl (C=O) groups excluding carboxylic acids is 4. The number of fused-ring (bicyclic) bond motifs is 5. The molecule has 5 atom stereocenters. The van der Waals surface area contributed by atoms with Crippen LogP contribution in [0.25, 0.3) is 0 Å². The molecule has 0 spiro atoms. The van der Waals surface area contributed by atoms with Gasteiger partial charge < -0.3 is 14.6 Å². The molecule has 35 heavy (non-hydrogen) atoms. The fraction of sp³-hybridized carbons (Fsp3) is 0.538. The first-order chi connectivity index (χ1) is 16.6. The molecular weight excluding hydrogens is 452 g/mol. The highest BCUT2D eigenvalue weighted by atomic mass is 16.5. The van der Waals surface area contributed by atoms with E-state index in [1.807, 2.05) is 14.0 Å². The summed E-state index contributed by atoms with van der Waals surface area (Å²) in [4.78, 5) is 57.8. The van der Waals surface area contributed by atoms with E-state index >= 15 is 0 Å². The van der Waals surface area contributed by atoms with Crippen molar-refractivity contribution in [3.63, 3.8) is 0 Å². The van der Waals surface area contributed by atoms with Gasteiger partial charge in [0.05, 0.1) is 32.9 Å². The van der Waals surface area contributed by atoms with Crippen LogP contribution in [0.15, 0.2) is 45.0 Å². The molecule has 0 radical (unpaired) electrons. The smallest absolute Gasteiger partial charge is 0.226 e. The second-order valence-corrected chi connectivity index (χ2v) is 9.96. The van der Waals surface area contributed by atoms with E-state index in [0.29, 0.717) is 28.7 Å². The predicted octanol–water partition coefficient (Wildman–Crippen LogP) is 0.634. The van der Waals surface area contributed by atoms with Crippen LogP contribution >= 0.6 is 0 Å². The molecule has 1 saturated heterocycles. The summed E-state index contributed by atoms with van der Waals surface area (Å²) in [5.74, 6) is -1.09. The van der Waals surface area contributed by atoms with Crippen LogP contribution in [0, 0.1) is 0 Å². The van der Waals surface area contributed by atoms with E-state index < -0.39 is 18.1 Å². The van der Waals surface area contributed by atoms with Crippen LogP contribution in [0.4, 0.5) is 0 Å². The van der Waals surface area contributed by atoms with Crippen LogP contribution in [0.5, 0.6) is 0 Å². The van der Waals surface area contributed by atoms with Crippen molar-refractivity contribution < 1.29 is 33.8 Å². The van der Waals surface area contributed by atoms with Crippen LogP contribution < -0.4 is 0 Å². The summed E-state index contributed by atoms with van der Waals surface area (Å²) in [7, 11) is 4.68. The molecule has 3 heterocycles. The molecule has 0 amide bonds. The van der Waals surface area contributed by atoms with E-state index in [1.165, 1.54) is 14.2 Å². The minimum absolute atomic E-state index is 0.0102. The number of hydrogen-bond acceptors (Lipinski definition) is 9. The number of rotatable bonds is 3. The molecule has 2 bridgehead atoms.